The Balaban J connectivity index is 0.00000112. The van der Waals surface area contributed by atoms with Crippen LogP contribution in [0.3, 0.4) is 0 Å². The SMILES string of the molecule is Cl.O=C(NC1CC1)OCc1ccccc1. The minimum absolute atomic E-state index is 0. The summed E-state index contributed by atoms with van der Waals surface area (Å²) in [6.07, 6.45) is 1.86. The van der Waals surface area contributed by atoms with Gasteiger partial charge in [0.2, 0.25) is 0 Å². The van der Waals surface area contributed by atoms with Gasteiger partial charge in [0, 0.05) is 6.04 Å². The first-order chi connectivity index (χ1) is 6.84. The fraction of sp³-hybridized carbons (Fsp3) is 0.364. The van der Waals surface area contributed by atoms with E-state index < -0.39 is 0 Å². The van der Waals surface area contributed by atoms with Gasteiger partial charge in [0.1, 0.15) is 6.61 Å². The van der Waals surface area contributed by atoms with Crippen molar-refractivity contribution in [1.82, 2.24) is 5.32 Å². The van der Waals surface area contributed by atoms with Crippen molar-refractivity contribution in [3.05, 3.63) is 35.9 Å². The van der Waals surface area contributed by atoms with E-state index in [1.165, 1.54) is 0 Å². The molecule has 1 aromatic rings. The zero-order chi connectivity index (χ0) is 9.80. The van der Waals surface area contributed by atoms with Crippen molar-refractivity contribution in [3.63, 3.8) is 0 Å². The molecule has 1 N–H and O–H groups in total. The molecule has 2 rings (SSSR count). The number of halogens is 1. The largest absolute Gasteiger partial charge is 0.445 e. The molecule has 4 heteroatoms. The Bertz CT molecular complexity index is 312. The van der Waals surface area contributed by atoms with E-state index in [0.29, 0.717) is 12.6 Å². The minimum atomic E-state index is -0.309. The summed E-state index contributed by atoms with van der Waals surface area (Å²) in [5.74, 6) is 0. The van der Waals surface area contributed by atoms with E-state index >= 15 is 0 Å². The second-order valence-corrected chi connectivity index (χ2v) is 3.48. The third-order valence-corrected chi connectivity index (χ3v) is 2.11. The van der Waals surface area contributed by atoms with Crippen LogP contribution in [0.4, 0.5) is 4.79 Å². The number of carbonyl (C=O) groups is 1. The molecule has 0 spiro atoms. The second-order valence-electron chi connectivity index (χ2n) is 3.48. The maximum atomic E-state index is 11.1. The fourth-order valence-electron chi connectivity index (χ4n) is 1.16. The normalized spacial score (nSPS) is 13.9. The highest BCUT2D eigenvalue weighted by Gasteiger charge is 2.23. The van der Waals surface area contributed by atoms with Crippen LogP contribution in [0, 0.1) is 0 Å². The number of alkyl carbamates (subject to hydrolysis) is 1. The minimum Gasteiger partial charge on any atom is -0.445 e. The molecule has 0 aliphatic heterocycles. The predicted octanol–water partition coefficient (Wildman–Crippen LogP) is 2.50. The van der Waals surface area contributed by atoms with Crippen LogP contribution < -0.4 is 5.32 Å². The summed E-state index contributed by atoms with van der Waals surface area (Å²) in [6.45, 7) is 0.347. The number of ether oxygens (including phenoxy) is 1. The molecule has 1 aliphatic rings. The third kappa shape index (κ3) is 4.21. The van der Waals surface area contributed by atoms with E-state index in [9.17, 15) is 4.79 Å². The molecule has 0 aromatic heterocycles. The summed E-state index contributed by atoms with van der Waals surface area (Å²) in [6, 6.07) is 10.0. The molecule has 0 radical (unpaired) electrons. The molecule has 1 aliphatic carbocycles. The standard InChI is InChI=1S/C11H13NO2.ClH/c13-11(12-10-6-7-10)14-8-9-4-2-1-3-5-9;/h1-5,10H,6-8H2,(H,12,13);1H. The molecular weight excluding hydrogens is 214 g/mol. The van der Waals surface area contributed by atoms with Gasteiger partial charge in [-0.05, 0) is 18.4 Å². The lowest BCUT2D eigenvalue weighted by atomic mass is 10.2. The number of carbonyl (C=O) groups excluding carboxylic acids is 1. The van der Waals surface area contributed by atoms with Crippen molar-refractivity contribution >= 4 is 18.5 Å². The lowest BCUT2D eigenvalue weighted by Crippen LogP contribution is -2.25. The predicted molar refractivity (Wildman–Crippen MR) is 60.0 cm³/mol. The molecule has 82 valence electrons. The summed E-state index contributed by atoms with van der Waals surface area (Å²) in [7, 11) is 0. The van der Waals surface area contributed by atoms with E-state index in [1.54, 1.807) is 0 Å². The van der Waals surface area contributed by atoms with E-state index in [-0.39, 0.29) is 18.5 Å². The lowest BCUT2D eigenvalue weighted by Gasteiger charge is -2.05. The summed E-state index contributed by atoms with van der Waals surface area (Å²) in [5.41, 5.74) is 1.01. The smallest absolute Gasteiger partial charge is 0.407 e. The van der Waals surface area contributed by atoms with Crippen LogP contribution in [0.15, 0.2) is 30.3 Å². The van der Waals surface area contributed by atoms with Gasteiger partial charge < -0.3 is 10.1 Å². The number of rotatable bonds is 3. The van der Waals surface area contributed by atoms with E-state index in [0.717, 1.165) is 18.4 Å². The molecule has 3 nitrogen and oxygen atoms in total. The Hall–Kier alpha value is -1.22. The van der Waals surface area contributed by atoms with Crippen molar-refractivity contribution in [3.8, 4) is 0 Å². The van der Waals surface area contributed by atoms with Gasteiger partial charge in [-0.25, -0.2) is 4.79 Å². The van der Waals surface area contributed by atoms with E-state index in [1.807, 2.05) is 30.3 Å². The maximum absolute atomic E-state index is 11.1. The highest BCUT2D eigenvalue weighted by atomic mass is 35.5. The monoisotopic (exact) mass is 227 g/mol. The van der Waals surface area contributed by atoms with Gasteiger partial charge in [0.15, 0.2) is 0 Å². The first kappa shape index (κ1) is 11.9. The average molecular weight is 228 g/mol. The average Bonchev–Trinajstić information content (AvgIpc) is 3.00. The molecule has 15 heavy (non-hydrogen) atoms. The van der Waals surface area contributed by atoms with Gasteiger partial charge in [-0.1, -0.05) is 30.3 Å². The van der Waals surface area contributed by atoms with Crippen molar-refractivity contribution in [2.45, 2.75) is 25.5 Å². The number of nitrogens with one attached hydrogen (secondary N) is 1. The Labute approximate surface area is 95.2 Å². The summed E-state index contributed by atoms with van der Waals surface area (Å²) >= 11 is 0. The van der Waals surface area contributed by atoms with Gasteiger partial charge in [-0.3, -0.25) is 0 Å². The molecular formula is C11H14ClNO2. The molecule has 1 aromatic carbocycles. The van der Waals surface area contributed by atoms with Crippen molar-refractivity contribution in [1.29, 1.82) is 0 Å². The third-order valence-electron chi connectivity index (χ3n) is 2.11. The van der Waals surface area contributed by atoms with Gasteiger partial charge in [-0.2, -0.15) is 0 Å². The zero-order valence-electron chi connectivity index (χ0n) is 8.31. The van der Waals surface area contributed by atoms with Gasteiger partial charge in [0.25, 0.3) is 0 Å². The Kier molecular flexibility index (Phi) is 4.43. The maximum Gasteiger partial charge on any atom is 0.407 e. The summed E-state index contributed by atoms with van der Waals surface area (Å²) < 4.78 is 5.03. The van der Waals surface area contributed by atoms with E-state index in [2.05, 4.69) is 5.32 Å². The topological polar surface area (TPSA) is 38.3 Å². The number of benzene rings is 1. The highest BCUT2D eigenvalue weighted by Crippen LogP contribution is 2.18. The van der Waals surface area contributed by atoms with Gasteiger partial charge >= 0.3 is 6.09 Å². The lowest BCUT2D eigenvalue weighted by molar-refractivity contribution is 0.139. The Morgan fingerprint density at radius 1 is 1.33 bits per heavy atom. The van der Waals surface area contributed by atoms with Crippen LogP contribution in [0.5, 0.6) is 0 Å². The first-order valence-electron chi connectivity index (χ1n) is 4.82. The van der Waals surface area contributed by atoms with Crippen LogP contribution >= 0.6 is 12.4 Å². The van der Waals surface area contributed by atoms with Crippen LogP contribution in [-0.2, 0) is 11.3 Å². The summed E-state index contributed by atoms with van der Waals surface area (Å²) in [4.78, 5) is 11.1. The number of hydrogen-bond donors (Lipinski definition) is 1. The molecule has 0 atom stereocenters. The van der Waals surface area contributed by atoms with Crippen molar-refractivity contribution < 1.29 is 9.53 Å². The van der Waals surface area contributed by atoms with Crippen molar-refractivity contribution in [2.75, 3.05) is 0 Å². The van der Waals surface area contributed by atoms with Gasteiger partial charge in [-0.15, -0.1) is 12.4 Å². The molecule has 0 saturated heterocycles. The quantitative estimate of drug-likeness (QED) is 0.862. The Morgan fingerprint density at radius 3 is 2.60 bits per heavy atom. The molecule has 0 heterocycles. The number of amides is 1. The molecule has 1 amide bonds. The summed E-state index contributed by atoms with van der Waals surface area (Å²) in [5, 5.41) is 2.76. The Morgan fingerprint density at radius 2 is 2.00 bits per heavy atom. The highest BCUT2D eigenvalue weighted by molar-refractivity contribution is 5.85. The first-order valence-corrected chi connectivity index (χ1v) is 4.82. The fourth-order valence-corrected chi connectivity index (χ4v) is 1.16. The van der Waals surface area contributed by atoms with Crippen LogP contribution in [0.25, 0.3) is 0 Å². The molecule has 1 fully saturated rings. The molecule has 0 unspecified atom stereocenters. The van der Waals surface area contributed by atoms with Crippen LogP contribution in [0.1, 0.15) is 18.4 Å². The zero-order valence-corrected chi connectivity index (χ0v) is 9.13. The molecule has 0 bridgehead atoms. The van der Waals surface area contributed by atoms with Crippen molar-refractivity contribution in [2.24, 2.45) is 0 Å². The molecule has 1 saturated carbocycles. The number of hydrogen-bond acceptors (Lipinski definition) is 2. The van der Waals surface area contributed by atoms with Gasteiger partial charge in [0.05, 0.1) is 0 Å². The van der Waals surface area contributed by atoms with E-state index in [4.69, 9.17) is 4.74 Å². The van der Waals surface area contributed by atoms with Crippen LogP contribution in [-0.4, -0.2) is 12.1 Å². The second kappa shape index (κ2) is 5.61. The van der Waals surface area contributed by atoms with Crippen LogP contribution in [0.2, 0.25) is 0 Å².